The fraction of sp³-hybridized carbons (Fsp3) is 0.370. The molecular weight excluding hydrogens is 372 g/mol. The third-order valence-electron chi connectivity index (χ3n) is 4.95. The quantitative estimate of drug-likeness (QED) is 0.339. The van der Waals surface area contributed by atoms with E-state index in [4.69, 9.17) is 9.47 Å². The van der Waals surface area contributed by atoms with Gasteiger partial charge in [0.2, 0.25) is 0 Å². The minimum atomic E-state index is -0.631. The van der Waals surface area contributed by atoms with E-state index in [0.29, 0.717) is 0 Å². The smallest absolute Gasteiger partial charge is 0.430 e. The Morgan fingerprint density at radius 1 is 0.700 bits per heavy atom. The Morgan fingerprint density at radius 2 is 1.10 bits per heavy atom. The molecule has 0 amide bonds. The zero-order valence-electron chi connectivity index (χ0n) is 18.3. The van der Waals surface area contributed by atoms with Crippen molar-refractivity contribution in [2.45, 2.75) is 52.4 Å². The van der Waals surface area contributed by atoms with Gasteiger partial charge in [-0.2, -0.15) is 0 Å². The van der Waals surface area contributed by atoms with Gasteiger partial charge in [0, 0.05) is 0 Å². The van der Waals surface area contributed by atoms with Crippen LogP contribution >= 0.6 is 0 Å². The number of benzene rings is 2. The number of carbonyl (C=O) groups excluding carboxylic acids is 1. The second-order valence-electron chi connectivity index (χ2n) is 7.27. The van der Waals surface area contributed by atoms with Gasteiger partial charge in [0.1, 0.15) is 13.2 Å². The summed E-state index contributed by atoms with van der Waals surface area (Å²) in [6, 6.07) is 20.5. The second kappa shape index (κ2) is 14.2. The maximum Gasteiger partial charge on any atom is 0.508 e. The van der Waals surface area contributed by atoms with Crippen LogP contribution in [0.1, 0.15) is 63.5 Å². The third kappa shape index (κ3) is 8.69. The Labute approximate surface area is 181 Å². The summed E-state index contributed by atoms with van der Waals surface area (Å²) in [5.74, 6) is 0. The average Bonchev–Trinajstić information content (AvgIpc) is 2.79. The SMILES string of the molecule is CCCCC(=CCOC(=O)OCC=C(CCCC)c1ccccc1)c1ccccc1. The number of hydrogen-bond donors (Lipinski definition) is 0. The van der Waals surface area contributed by atoms with E-state index in [9.17, 15) is 4.79 Å². The van der Waals surface area contributed by atoms with Crippen molar-refractivity contribution in [3.05, 3.63) is 83.9 Å². The van der Waals surface area contributed by atoms with Crippen LogP contribution in [0.5, 0.6) is 0 Å². The van der Waals surface area contributed by atoms with E-state index in [1.807, 2.05) is 48.6 Å². The highest BCUT2D eigenvalue weighted by molar-refractivity contribution is 5.67. The lowest BCUT2D eigenvalue weighted by Gasteiger charge is -2.09. The topological polar surface area (TPSA) is 35.5 Å². The molecule has 0 bridgehead atoms. The summed E-state index contributed by atoms with van der Waals surface area (Å²) < 4.78 is 10.6. The fourth-order valence-corrected chi connectivity index (χ4v) is 3.23. The molecule has 0 fully saturated rings. The molecular formula is C27H34O3. The van der Waals surface area contributed by atoms with Crippen molar-refractivity contribution in [3.63, 3.8) is 0 Å². The third-order valence-corrected chi connectivity index (χ3v) is 4.95. The standard InChI is InChI=1S/C27H34O3/c1-3-5-13-25(23-15-9-7-10-16-23)19-21-29-27(28)30-22-20-26(14-6-4-2)24-17-11-8-12-18-24/h7-12,15-20H,3-6,13-14,21-22H2,1-2H3. The molecule has 2 aromatic carbocycles. The average molecular weight is 407 g/mol. The largest absolute Gasteiger partial charge is 0.508 e. The Kier molecular flexibility index (Phi) is 11.1. The fourth-order valence-electron chi connectivity index (χ4n) is 3.23. The highest BCUT2D eigenvalue weighted by atomic mass is 16.7. The molecule has 0 N–H and O–H groups in total. The molecule has 2 rings (SSSR count). The molecule has 0 spiro atoms. The lowest BCUT2D eigenvalue weighted by atomic mass is 10.0. The van der Waals surface area contributed by atoms with Crippen LogP contribution in [-0.2, 0) is 9.47 Å². The van der Waals surface area contributed by atoms with Gasteiger partial charge in [-0.1, -0.05) is 87.4 Å². The van der Waals surface area contributed by atoms with Crippen LogP contribution in [-0.4, -0.2) is 19.4 Å². The number of allylic oxidation sites excluding steroid dienone is 2. The van der Waals surface area contributed by atoms with Crippen molar-refractivity contribution >= 4 is 17.3 Å². The predicted octanol–water partition coefficient (Wildman–Crippen LogP) is 7.69. The molecule has 2 aromatic rings. The molecule has 0 aliphatic heterocycles. The lowest BCUT2D eigenvalue weighted by molar-refractivity contribution is 0.0718. The van der Waals surface area contributed by atoms with E-state index in [1.165, 1.54) is 22.3 Å². The summed E-state index contributed by atoms with van der Waals surface area (Å²) in [7, 11) is 0. The van der Waals surface area contributed by atoms with Crippen molar-refractivity contribution < 1.29 is 14.3 Å². The first kappa shape index (κ1) is 23.5. The summed E-state index contributed by atoms with van der Waals surface area (Å²) in [4.78, 5) is 12.0. The molecule has 30 heavy (non-hydrogen) atoms. The van der Waals surface area contributed by atoms with Gasteiger partial charge in [0.15, 0.2) is 0 Å². The highest BCUT2D eigenvalue weighted by Crippen LogP contribution is 2.21. The Morgan fingerprint density at radius 3 is 1.47 bits per heavy atom. The van der Waals surface area contributed by atoms with Crippen LogP contribution in [0.4, 0.5) is 4.79 Å². The van der Waals surface area contributed by atoms with Gasteiger partial charge in [0.05, 0.1) is 0 Å². The number of unbranched alkanes of at least 4 members (excludes halogenated alkanes) is 2. The maximum atomic E-state index is 12.0. The molecule has 0 unspecified atom stereocenters. The first-order chi connectivity index (χ1) is 14.7. The van der Waals surface area contributed by atoms with Crippen LogP contribution in [0.15, 0.2) is 72.8 Å². The minimum Gasteiger partial charge on any atom is -0.430 e. The van der Waals surface area contributed by atoms with Gasteiger partial charge < -0.3 is 9.47 Å². The predicted molar refractivity (Wildman–Crippen MR) is 125 cm³/mol. The molecule has 3 nitrogen and oxygen atoms in total. The molecule has 0 heterocycles. The van der Waals surface area contributed by atoms with Gasteiger partial charge in [-0.3, -0.25) is 0 Å². The van der Waals surface area contributed by atoms with Gasteiger partial charge in [-0.25, -0.2) is 4.79 Å². The van der Waals surface area contributed by atoms with Crippen molar-refractivity contribution in [1.29, 1.82) is 0 Å². The first-order valence-electron chi connectivity index (χ1n) is 11.0. The zero-order chi connectivity index (χ0) is 21.4. The number of carbonyl (C=O) groups is 1. The van der Waals surface area contributed by atoms with Crippen molar-refractivity contribution in [1.82, 2.24) is 0 Å². The van der Waals surface area contributed by atoms with E-state index in [-0.39, 0.29) is 13.2 Å². The Balaban J connectivity index is 1.87. The molecule has 0 radical (unpaired) electrons. The Bertz CT molecular complexity index is 724. The van der Waals surface area contributed by atoms with Crippen LogP contribution < -0.4 is 0 Å². The molecule has 0 atom stereocenters. The second-order valence-corrected chi connectivity index (χ2v) is 7.27. The molecule has 0 aliphatic rings. The van der Waals surface area contributed by atoms with Crippen LogP contribution in [0, 0.1) is 0 Å². The monoisotopic (exact) mass is 406 g/mol. The minimum absolute atomic E-state index is 0.220. The first-order valence-corrected chi connectivity index (χ1v) is 11.0. The van der Waals surface area contributed by atoms with Gasteiger partial charge >= 0.3 is 6.16 Å². The zero-order valence-corrected chi connectivity index (χ0v) is 18.3. The van der Waals surface area contributed by atoms with Crippen molar-refractivity contribution in [2.24, 2.45) is 0 Å². The summed E-state index contributed by atoms with van der Waals surface area (Å²) >= 11 is 0. The highest BCUT2D eigenvalue weighted by Gasteiger charge is 2.06. The molecule has 0 aliphatic carbocycles. The van der Waals surface area contributed by atoms with E-state index in [0.717, 1.165) is 38.5 Å². The normalized spacial score (nSPS) is 11.9. The van der Waals surface area contributed by atoms with E-state index < -0.39 is 6.16 Å². The number of rotatable bonds is 12. The van der Waals surface area contributed by atoms with Crippen LogP contribution in [0.2, 0.25) is 0 Å². The molecule has 0 aromatic heterocycles. The molecule has 3 heteroatoms. The van der Waals surface area contributed by atoms with E-state index in [1.54, 1.807) is 0 Å². The summed E-state index contributed by atoms with van der Waals surface area (Å²) in [5.41, 5.74) is 4.76. The lowest BCUT2D eigenvalue weighted by Crippen LogP contribution is -2.08. The van der Waals surface area contributed by atoms with Crippen LogP contribution in [0.25, 0.3) is 11.1 Å². The van der Waals surface area contributed by atoms with Gasteiger partial charge in [-0.05, 0) is 60.1 Å². The van der Waals surface area contributed by atoms with E-state index in [2.05, 4.69) is 38.1 Å². The number of ether oxygens (including phenoxy) is 2. The molecule has 0 saturated carbocycles. The van der Waals surface area contributed by atoms with Crippen molar-refractivity contribution in [3.8, 4) is 0 Å². The maximum absolute atomic E-state index is 12.0. The van der Waals surface area contributed by atoms with Crippen LogP contribution in [0.3, 0.4) is 0 Å². The summed E-state index contributed by atoms with van der Waals surface area (Å²) in [5, 5.41) is 0. The molecule has 160 valence electrons. The summed E-state index contributed by atoms with van der Waals surface area (Å²) in [6.07, 6.45) is 9.75. The molecule has 0 saturated heterocycles. The van der Waals surface area contributed by atoms with E-state index >= 15 is 0 Å². The number of hydrogen-bond acceptors (Lipinski definition) is 3. The van der Waals surface area contributed by atoms with Crippen molar-refractivity contribution in [2.75, 3.05) is 13.2 Å². The Hall–Kier alpha value is -2.81. The summed E-state index contributed by atoms with van der Waals surface area (Å²) in [6.45, 7) is 4.79. The van der Waals surface area contributed by atoms with Gasteiger partial charge in [-0.15, -0.1) is 0 Å². The van der Waals surface area contributed by atoms with Gasteiger partial charge in [0.25, 0.3) is 0 Å².